The number of aliphatic imine (C=N–C) groups is 1. The van der Waals surface area contributed by atoms with E-state index < -0.39 is 5.97 Å². The zero-order valence-corrected chi connectivity index (χ0v) is 32.2. The van der Waals surface area contributed by atoms with Crippen LogP contribution in [-0.4, -0.2) is 70.9 Å². The number of nitrogens with one attached hydrogen (secondary N) is 1. The molecule has 13 heteroatoms. The number of methoxy groups -OCH3 is 3. The second kappa shape index (κ2) is 18.5. The molecule has 4 rings (SSSR count). The summed E-state index contributed by atoms with van der Waals surface area (Å²) in [6.07, 6.45) is 2.76. The fraction of sp³-hybridized carbons (Fsp3) is 0.300. The number of nitrogens with zero attached hydrogens (tertiary/aromatic N) is 5. The minimum Gasteiger partial charge on any atom is -0.494 e. The predicted molar refractivity (Wildman–Crippen MR) is 215 cm³/mol. The van der Waals surface area contributed by atoms with Crippen LogP contribution in [0.1, 0.15) is 39.5 Å². The van der Waals surface area contributed by atoms with Crippen LogP contribution in [0.4, 0.5) is 39.8 Å². The topological polar surface area (TPSA) is 140 Å². The van der Waals surface area contributed by atoms with Crippen molar-refractivity contribution in [2.75, 3.05) is 67.5 Å². The molecule has 2 N–H and O–H groups in total. The Bertz CT molecular complexity index is 2010. The third-order valence-electron chi connectivity index (χ3n) is 8.55. The first-order chi connectivity index (χ1) is 25.6. The zero-order chi connectivity index (χ0) is 38.7. The Morgan fingerprint density at radius 2 is 1.43 bits per heavy atom. The Balaban J connectivity index is 2.03. The molecular weight excluding hydrogens is 693 g/mol. The highest BCUT2D eigenvalue weighted by atomic mass is 32.1. The van der Waals surface area contributed by atoms with Crippen LogP contribution in [0.5, 0.6) is 11.5 Å². The van der Waals surface area contributed by atoms with Crippen LogP contribution in [0.2, 0.25) is 0 Å². The van der Waals surface area contributed by atoms with E-state index in [1.165, 1.54) is 30.7 Å². The summed E-state index contributed by atoms with van der Waals surface area (Å²) in [6, 6.07) is 21.0. The van der Waals surface area contributed by atoms with Crippen molar-refractivity contribution in [2.24, 2.45) is 4.99 Å². The van der Waals surface area contributed by atoms with Crippen LogP contribution in [-0.2, 0) is 14.3 Å². The Morgan fingerprint density at radius 1 is 0.849 bits per heavy atom. The molecule has 1 heterocycles. The number of thiophene rings is 1. The van der Waals surface area contributed by atoms with Crippen LogP contribution in [0.3, 0.4) is 0 Å². The average molecular weight is 739 g/mol. The number of carboxylic acids is 1. The van der Waals surface area contributed by atoms with E-state index in [4.69, 9.17) is 14.2 Å². The van der Waals surface area contributed by atoms with E-state index in [9.17, 15) is 20.0 Å². The van der Waals surface area contributed by atoms with Crippen LogP contribution in [0.25, 0.3) is 16.5 Å². The Hall–Kier alpha value is -6.00. The van der Waals surface area contributed by atoms with Crippen molar-refractivity contribution in [3.63, 3.8) is 0 Å². The molecule has 0 aliphatic rings. The van der Waals surface area contributed by atoms with Crippen molar-refractivity contribution in [2.45, 2.75) is 34.6 Å². The Kier molecular flexibility index (Phi) is 13.9. The number of carboxylic acid groups (broad SMARTS) is 1. The van der Waals surface area contributed by atoms with Gasteiger partial charge in [-0.3, -0.25) is 4.79 Å². The van der Waals surface area contributed by atoms with Gasteiger partial charge in [0.25, 0.3) is 0 Å². The number of ether oxygens (including phenoxy) is 3. The standard InChI is InChI=1S/C40H46N6O6S/c1-9-44(10-2)33-22-37(51-7)35(20-31(33)42-25-50-6)46(36-21-32(43-26(5)47)34(23-38(36)52-8)45(11-3)12-4)29-15-13-27(14-16-29)39-18-17-30(53-39)19-28(24-41)40(48)49/h13-23,25H,9-12H2,1-8H3,(H,43,47)(H,48,49)/b28-19+,42-25?. The lowest BCUT2D eigenvalue weighted by Crippen LogP contribution is -2.24. The third kappa shape index (κ3) is 9.09. The molecule has 0 saturated heterocycles. The Labute approximate surface area is 315 Å². The number of rotatable bonds is 17. The molecule has 0 aliphatic carbocycles. The summed E-state index contributed by atoms with van der Waals surface area (Å²) in [5.74, 6) is -0.350. The van der Waals surface area contributed by atoms with Crippen LogP contribution < -0.4 is 29.5 Å². The maximum absolute atomic E-state index is 12.6. The van der Waals surface area contributed by atoms with Gasteiger partial charge in [-0.05, 0) is 75.7 Å². The molecule has 0 aliphatic heterocycles. The number of amides is 1. The van der Waals surface area contributed by atoms with Crippen molar-refractivity contribution in [3.05, 3.63) is 71.1 Å². The summed E-state index contributed by atoms with van der Waals surface area (Å²) in [5.41, 5.74) is 5.57. The molecule has 0 atom stereocenters. The molecular formula is C40H46N6O6S. The van der Waals surface area contributed by atoms with Crippen LogP contribution >= 0.6 is 11.3 Å². The number of carbonyl (C=O) groups is 2. The molecule has 4 aromatic rings. The van der Waals surface area contributed by atoms with E-state index in [1.807, 2.05) is 59.5 Å². The lowest BCUT2D eigenvalue weighted by Gasteiger charge is -2.32. The summed E-state index contributed by atoms with van der Waals surface area (Å²) in [4.78, 5) is 36.5. The maximum atomic E-state index is 12.6. The van der Waals surface area contributed by atoms with E-state index in [0.717, 1.165) is 40.6 Å². The van der Waals surface area contributed by atoms with E-state index in [1.54, 1.807) is 33.5 Å². The zero-order valence-electron chi connectivity index (χ0n) is 31.4. The number of anilines is 6. The number of hydrogen-bond donors (Lipinski definition) is 2. The molecule has 1 aromatic heterocycles. The van der Waals surface area contributed by atoms with Crippen molar-refractivity contribution in [1.29, 1.82) is 5.26 Å². The minimum absolute atomic E-state index is 0.210. The molecule has 0 unspecified atom stereocenters. The van der Waals surface area contributed by atoms with Gasteiger partial charge < -0.3 is 39.3 Å². The van der Waals surface area contributed by atoms with Crippen LogP contribution in [0.15, 0.2) is 71.2 Å². The fourth-order valence-electron chi connectivity index (χ4n) is 5.98. The highest BCUT2D eigenvalue weighted by Gasteiger charge is 2.26. The van der Waals surface area contributed by atoms with E-state index >= 15 is 0 Å². The van der Waals surface area contributed by atoms with Gasteiger partial charge >= 0.3 is 5.97 Å². The molecule has 0 bridgehead atoms. The van der Waals surface area contributed by atoms with Crippen LogP contribution in [0, 0.1) is 11.3 Å². The molecule has 3 aromatic carbocycles. The van der Waals surface area contributed by atoms with Gasteiger partial charge in [-0.25, -0.2) is 9.79 Å². The molecule has 0 radical (unpaired) electrons. The molecule has 0 saturated carbocycles. The van der Waals surface area contributed by atoms with Gasteiger partial charge in [0.1, 0.15) is 23.1 Å². The second-order valence-electron chi connectivity index (χ2n) is 11.6. The van der Waals surface area contributed by atoms with Gasteiger partial charge in [0, 0.05) is 60.7 Å². The SMILES string of the molecule is CCN(CC)c1cc(OC)c(N(c2ccc(-c3ccc(/C=C(\C#N)C(=O)O)s3)cc2)c2cc(NC(C)=O)c(N(CC)CC)cc2OC)cc1N=COC. The van der Waals surface area contributed by atoms with Crippen molar-refractivity contribution in [1.82, 2.24) is 0 Å². The van der Waals surface area contributed by atoms with E-state index in [0.29, 0.717) is 52.2 Å². The molecule has 12 nitrogen and oxygen atoms in total. The van der Waals surface area contributed by atoms with Crippen molar-refractivity contribution < 1.29 is 28.9 Å². The first kappa shape index (κ1) is 39.8. The first-order valence-corrected chi connectivity index (χ1v) is 18.0. The number of benzene rings is 3. The molecule has 278 valence electrons. The smallest absolute Gasteiger partial charge is 0.346 e. The third-order valence-corrected chi connectivity index (χ3v) is 9.63. The number of nitriles is 1. The summed E-state index contributed by atoms with van der Waals surface area (Å²) in [5, 5.41) is 21.6. The first-order valence-electron chi connectivity index (χ1n) is 17.2. The predicted octanol–water partition coefficient (Wildman–Crippen LogP) is 8.85. The normalized spacial score (nSPS) is 11.2. The van der Waals surface area contributed by atoms with E-state index in [2.05, 4.69) is 47.8 Å². The monoisotopic (exact) mass is 738 g/mol. The summed E-state index contributed by atoms with van der Waals surface area (Å²) >= 11 is 1.38. The van der Waals surface area contributed by atoms with Gasteiger partial charge in [-0.15, -0.1) is 11.3 Å². The highest BCUT2D eigenvalue weighted by Crippen LogP contribution is 2.50. The second-order valence-corrected chi connectivity index (χ2v) is 12.7. The van der Waals surface area contributed by atoms with Gasteiger partial charge in [0.05, 0.1) is 55.5 Å². The summed E-state index contributed by atoms with van der Waals surface area (Å²) in [7, 11) is 4.79. The summed E-state index contributed by atoms with van der Waals surface area (Å²) in [6.45, 7) is 12.7. The average Bonchev–Trinajstić information content (AvgIpc) is 3.63. The molecule has 1 amide bonds. The van der Waals surface area contributed by atoms with Crippen molar-refractivity contribution >= 4 is 75.5 Å². The van der Waals surface area contributed by atoms with Crippen molar-refractivity contribution in [3.8, 4) is 28.0 Å². The lowest BCUT2D eigenvalue weighted by atomic mass is 10.1. The molecule has 0 spiro atoms. The summed E-state index contributed by atoms with van der Waals surface area (Å²) < 4.78 is 17.4. The number of hydrogen-bond acceptors (Lipinski definition) is 11. The van der Waals surface area contributed by atoms with Gasteiger partial charge in [-0.2, -0.15) is 5.26 Å². The van der Waals surface area contributed by atoms with E-state index in [-0.39, 0.29) is 11.5 Å². The number of aliphatic carboxylic acids is 1. The van der Waals surface area contributed by atoms with Gasteiger partial charge in [0.2, 0.25) is 5.91 Å². The highest BCUT2D eigenvalue weighted by molar-refractivity contribution is 7.16. The Morgan fingerprint density at radius 3 is 1.96 bits per heavy atom. The largest absolute Gasteiger partial charge is 0.494 e. The fourth-order valence-corrected chi connectivity index (χ4v) is 6.94. The quantitative estimate of drug-likeness (QED) is 0.0467. The lowest BCUT2D eigenvalue weighted by molar-refractivity contribution is -0.132. The number of carbonyl (C=O) groups excluding carboxylic acids is 1. The van der Waals surface area contributed by atoms with Gasteiger partial charge in [-0.1, -0.05) is 12.1 Å². The molecule has 0 fully saturated rings. The van der Waals surface area contributed by atoms with Gasteiger partial charge in [0.15, 0.2) is 6.40 Å². The minimum atomic E-state index is -1.27. The molecule has 53 heavy (non-hydrogen) atoms. The maximum Gasteiger partial charge on any atom is 0.346 e.